The summed E-state index contributed by atoms with van der Waals surface area (Å²) in [4.78, 5) is 12.2. The van der Waals surface area contributed by atoms with Crippen LogP contribution in [0.1, 0.15) is 42.4 Å². The molecular formula is C17H23NO. The predicted octanol–water partition coefficient (Wildman–Crippen LogP) is 3.15. The van der Waals surface area contributed by atoms with Crippen molar-refractivity contribution in [2.45, 2.75) is 52.0 Å². The zero-order chi connectivity index (χ0) is 13.4. The monoisotopic (exact) mass is 257 g/mol. The summed E-state index contributed by atoms with van der Waals surface area (Å²) in [6, 6.07) is 6.79. The van der Waals surface area contributed by atoms with Crippen molar-refractivity contribution in [3.05, 3.63) is 34.9 Å². The van der Waals surface area contributed by atoms with E-state index >= 15 is 0 Å². The van der Waals surface area contributed by atoms with Gasteiger partial charge in [0.1, 0.15) is 0 Å². The molecule has 1 aromatic rings. The van der Waals surface area contributed by atoms with E-state index in [1.807, 2.05) is 0 Å². The minimum absolute atomic E-state index is 0.199. The summed E-state index contributed by atoms with van der Waals surface area (Å²) in [5.41, 5.74) is 3.64. The van der Waals surface area contributed by atoms with Crippen LogP contribution in [0.4, 0.5) is 0 Å². The molecule has 0 spiro atoms. The molecule has 0 radical (unpaired) electrons. The number of rotatable bonds is 3. The number of nitrogens with one attached hydrogen (secondary N) is 1. The van der Waals surface area contributed by atoms with Gasteiger partial charge in [-0.15, -0.1) is 0 Å². The summed E-state index contributed by atoms with van der Waals surface area (Å²) >= 11 is 0. The lowest BCUT2D eigenvalue weighted by Crippen LogP contribution is -2.39. The summed E-state index contributed by atoms with van der Waals surface area (Å²) in [7, 11) is 0. The van der Waals surface area contributed by atoms with Crippen molar-refractivity contribution in [1.29, 1.82) is 0 Å². The van der Waals surface area contributed by atoms with Crippen LogP contribution in [0.5, 0.6) is 0 Å². The van der Waals surface area contributed by atoms with Crippen LogP contribution in [0.3, 0.4) is 0 Å². The van der Waals surface area contributed by atoms with Crippen molar-refractivity contribution in [1.82, 2.24) is 5.32 Å². The number of benzene rings is 1. The van der Waals surface area contributed by atoms with Crippen LogP contribution in [0, 0.1) is 25.7 Å². The van der Waals surface area contributed by atoms with E-state index in [0.29, 0.717) is 12.5 Å². The maximum absolute atomic E-state index is 12.2. The highest BCUT2D eigenvalue weighted by Crippen LogP contribution is 2.44. The number of aryl methyl sites for hydroxylation is 2. The fraction of sp³-hybridized carbons (Fsp3) is 0.588. The summed E-state index contributed by atoms with van der Waals surface area (Å²) in [5.74, 6) is 1.84. The van der Waals surface area contributed by atoms with Gasteiger partial charge in [-0.2, -0.15) is 0 Å². The maximum Gasteiger partial charge on any atom is 0.224 e. The van der Waals surface area contributed by atoms with Gasteiger partial charge in [0.25, 0.3) is 0 Å². The molecule has 1 amide bonds. The van der Waals surface area contributed by atoms with Crippen LogP contribution in [-0.2, 0) is 11.2 Å². The van der Waals surface area contributed by atoms with Crippen molar-refractivity contribution in [3.8, 4) is 0 Å². The minimum Gasteiger partial charge on any atom is -0.353 e. The van der Waals surface area contributed by atoms with E-state index < -0.39 is 0 Å². The van der Waals surface area contributed by atoms with E-state index in [2.05, 4.69) is 37.4 Å². The van der Waals surface area contributed by atoms with Gasteiger partial charge in [-0.3, -0.25) is 4.79 Å². The van der Waals surface area contributed by atoms with Crippen LogP contribution in [0.15, 0.2) is 18.2 Å². The third kappa shape index (κ3) is 2.68. The van der Waals surface area contributed by atoms with E-state index in [1.54, 1.807) is 0 Å². The number of hydrogen-bond acceptors (Lipinski definition) is 1. The van der Waals surface area contributed by atoms with Gasteiger partial charge in [-0.05, 0) is 56.1 Å². The van der Waals surface area contributed by atoms with Crippen molar-refractivity contribution >= 4 is 5.91 Å². The Labute approximate surface area is 115 Å². The Kier molecular flexibility index (Phi) is 3.34. The molecule has 2 aliphatic carbocycles. The topological polar surface area (TPSA) is 29.1 Å². The number of carbonyl (C=O) groups is 1. The molecule has 1 aromatic carbocycles. The molecule has 2 heteroatoms. The van der Waals surface area contributed by atoms with Crippen molar-refractivity contribution in [2.75, 3.05) is 0 Å². The van der Waals surface area contributed by atoms with Crippen LogP contribution >= 0.6 is 0 Å². The van der Waals surface area contributed by atoms with Crippen LogP contribution < -0.4 is 5.32 Å². The molecule has 2 bridgehead atoms. The first kappa shape index (κ1) is 12.7. The third-order valence-electron chi connectivity index (χ3n) is 4.93. The second-order valence-corrected chi connectivity index (χ2v) is 6.46. The van der Waals surface area contributed by atoms with Crippen LogP contribution in [0.25, 0.3) is 0 Å². The summed E-state index contributed by atoms with van der Waals surface area (Å²) in [6.07, 6.45) is 5.78. The van der Waals surface area contributed by atoms with E-state index in [4.69, 9.17) is 0 Å². The average Bonchev–Trinajstić information content (AvgIpc) is 2.95. The zero-order valence-electron chi connectivity index (χ0n) is 11.9. The Morgan fingerprint density at radius 1 is 1.26 bits per heavy atom. The zero-order valence-corrected chi connectivity index (χ0v) is 11.9. The first-order valence-electron chi connectivity index (χ1n) is 7.47. The Morgan fingerprint density at radius 3 is 2.74 bits per heavy atom. The second-order valence-electron chi connectivity index (χ2n) is 6.46. The molecule has 0 aliphatic heterocycles. The van der Waals surface area contributed by atoms with Crippen molar-refractivity contribution in [2.24, 2.45) is 11.8 Å². The summed E-state index contributed by atoms with van der Waals surface area (Å²) < 4.78 is 0. The van der Waals surface area contributed by atoms with Crippen molar-refractivity contribution in [3.63, 3.8) is 0 Å². The highest BCUT2D eigenvalue weighted by Gasteiger charge is 2.39. The Hall–Kier alpha value is -1.31. The standard InChI is InChI=1S/C17H23NO/c1-11-3-5-14(12(2)7-11)10-17(19)18-16-9-13-4-6-15(16)8-13/h3,5,7,13,15-16H,4,6,8-10H2,1-2H3,(H,18,19)/t13-,15+,16-/m0/s1. The number of fused-ring (bicyclic) bond motifs is 2. The van der Waals surface area contributed by atoms with Crippen molar-refractivity contribution < 1.29 is 4.79 Å². The van der Waals surface area contributed by atoms with E-state index in [0.717, 1.165) is 17.4 Å². The first-order chi connectivity index (χ1) is 9.11. The highest BCUT2D eigenvalue weighted by atomic mass is 16.1. The summed E-state index contributed by atoms with van der Waals surface area (Å²) in [5, 5.41) is 3.26. The molecular weight excluding hydrogens is 234 g/mol. The molecule has 0 saturated heterocycles. The fourth-order valence-corrected chi connectivity index (χ4v) is 3.90. The van der Waals surface area contributed by atoms with Gasteiger partial charge < -0.3 is 5.32 Å². The SMILES string of the molecule is Cc1ccc(CC(=O)N[C@H]2C[C@H]3CC[C@@H]2C3)c(C)c1. The highest BCUT2D eigenvalue weighted by molar-refractivity contribution is 5.79. The lowest BCUT2D eigenvalue weighted by atomic mass is 9.95. The second kappa shape index (κ2) is 4.99. The molecule has 19 heavy (non-hydrogen) atoms. The smallest absolute Gasteiger partial charge is 0.224 e. The lowest BCUT2D eigenvalue weighted by Gasteiger charge is -2.23. The quantitative estimate of drug-likeness (QED) is 0.885. The predicted molar refractivity (Wildman–Crippen MR) is 77.0 cm³/mol. The molecule has 102 valence electrons. The van der Waals surface area contributed by atoms with E-state index in [1.165, 1.54) is 36.8 Å². The molecule has 3 rings (SSSR count). The Balaban J connectivity index is 1.59. The molecule has 2 nitrogen and oxygen atoms in total. The van der Waals surface area contributed by atoms with Gasteiger partial charge in [0, 0.05) is 6.04 Å². The normalized spacial score (nSPS) is 28.6. The van der Waals surface area contributed by atoms with Gasteiger partial charge in [0.2, 0.25) is 5.91 Å². The lowest BCUT2D eigenvalue weighted by molar-refractivity contribution is -0.121. The summed E-state index contributed by atoms with van der Waals surface area (Å²) in [6.45, 7) is 4.18. The van der Waals surface area contributed by atoms with Gasteiger partial charge in [0.15, 0.2) is 0 Å². The molecule has 1 N–H and O–H groups in total. The van der Waals surface area contributed by atoms with Crippen LogP contribution in [0.2, 0.25) is 0 Å². The largest absolute Gasteiger partial charge is 0.353 e. The Morgan fingerprint density at radius 2 is 2.11 bits per heavy atom. The maximum atomic E-state index is 12.2. The van der Waals surface area contributed by atoms with Gasteiger partial charge in [0.05, 0.1) is 6.42 Å². The van der Waals surface area contributed by atoms with E-state index in [9.17, 15) is 4.79 Å². The molecule has 0 unspecified atom stereocenters. The average molecular weight is 257 g/mol. The fourth-order valence-electron chi connectivity index (χ4n) is 3.90. The molecule has 0 heterocycles. The minimum atomic E-state index is 0.199. The number of carbonyl (C=O) groups excluding carboxylic acids is 1. The number of hydrogen-bond donors (Lipinski definition) is 1. The number of amides is 1. The molecule has 3 atom stereocenters. The van der Waals surface area contributed by atoms with Gasteiger partial charge in [-0.25, -0.2) is 0 Å². The van der Waals surface area contributed by atoms with E-state index in [-0.39, 0.29) is 5.91 Å². The molecule has 2 saturated carbocycles. The van der Waals surface area contributed by atoms with Crippen LogP contribution in [-0.4, -0.2) is 11.9 Å². The molecule has 2 aliphatic rings. The molecule has 0 aromatic heterocycles. The molecule has 2 fully saturated rings. The Bertz CT molecular complexity index is 494. The first-order valence-corrected chi connectivity index (χ1v) is 7.47. The van der Waals surface area contributed by atoms with Gasteiger partial charge in [-0.1, -0.05) is 30.2 Å². The van der Waals surface area contributed by atoms with Gasteiger partial charge >= 0.3 is 0 Å². The third-order valence-corrected chi connectivity index (χ3v) is 4.93.